The van der Waals surface area contributed by atoms with Crippen LogP contribution >= 0.6 is 0 Å². The van der Waals surface area contributed by atoms with Crippen LogP contribution in [-0.4, -0.2) is 42.4 Å². The lowest BCUT2D eigenvalue weighted by molar-refractivity contribution is -0.130. The van der Waals surface area contributed by atoms with Crippen molar-refractivity contribution in [2.75, 3.05) is 19.6 Å². The molecular weight excluding hydrogens is 378 g/mol. The van der Waals surface area contributed by atoms with Gasteiger partial charge in [-0.05, 0) is 36.2 Å². The summed E-state index contributed by atoms with van der Waals surface area (Å²) in [6.07, 6.45) is 1.12. The molecule has 1 saturated heterocycles. The molecule has 0 aromatic heterocycles. The number of hydrogen-bond donors (Lipinski definition) is 2. The lowest BCUT2D eigenvalue weighted by Gasteiger charge is -2.34. The van der Waals surface area contributed by atoms with Crippen molar-refractivity contribution in [3.8, 4) is 6.07 Å². The molecule has 2 unspecified atom stereocenters. The molecule has 3 N–H and O–H groups in total. The molecule has 3 amide bonds. The Labute approximate surface area is 169 Å². The van der Waals surface area contributed by atoms with Crippen LogP contribution in [0.5, 0.6) is 0 Å². The monoisotopic (exact) mass is 404 g/mol. The fraction of sp³-hybridized carbons (Fsp3) is 0.571. The molecule has 1 aliphatic heterocycles. The standard InChI is InChI=1S/C21H26F2N4O2/c22-21(23,11-15-5-2-1-3-6-15)12-16(18(28)26-9-8-24)17-13-20(17)7-4-10-27(14-20)19(25)29/h1-3,5-6,16-17H,4,7,9-14H2,(H2,25,29)(H,26,28)/t16-,17?,20?/m0/s1. The van der Waals surface area contributed by atoms with Crippen molar-refractivity contribution < 1.29 is 18.4 Å². The predicted octanol–water partition coefficient (Wildman–Crippen LogP) is 2.69. The van der Waals surface area contributed by atoms with Crippen molar-refractivity contribution in [3.05, 3.63) is 35.9 Å². The Kier molecular flexibility index (Phi) is 6.06. The molecule has 156 valence electrons. The number of alkyl halides is 2. The number of nitriles is 1. The molecule has 0 bridgehead atoms. The van der Waals surface area contributed by atoms with Crippen molar-refractivity contribution in [1.82, 2.24) is 10.2 Å². The smallest absolute Gasteiger partial charge is 0.314 e. The third-order valence-corrected chi connectivity index (χ3v) is 6.16. The van der Waals surface area contributed by atoms with Crippen LogP contribution in [-0.2, 0) is 11.2 Å². The minimum Gasteiger partial charge on any atom is -0.351 e. The van der Waals surface area contributed by atoms with Gasteiger partial charge in [-0.15, -0.1) is 0 Å². The molecule has 1 spiro atoms. The topological polar surface area (TPSA) is 99.2 Å². The van der Waals surface area contributed by atoms with Gasteiger partial charge >= 0.3 is 6.03 Å². The number of nitrogens with two attached hydrogens (primary N) is 1. The van der Waals surface area contributed by atoms with Crippen molar-refractivity contribution in [2.45, 2.75) is 38.0 Å². The van der Waals surface area contributed by atoms with Crippen LogP contribution in [0.2, 0.25) is 0 Å². The highest BCUT2D eigenvalue weighted by atomic mass is 19.3. The number of halogens is 2. The lowest BCUT2D eigenvalue weighted by Crippen LogP contribution is -2.45. The summed E-state index contributed by atoms with van der Waals surface area (Å²) in [5.41, 5.74) is 5.58. The van der Waals surface area contributed by atoms with Crippen LogP contribution in [0, 0.1) is 28.6 Å². The summed E-state index contributed by atoms with van der Waals surface area (Å²) in [6.45, 7) is 0.741. The van der Waals surface area contributed by atoms with Crippen LogP contribution in [0.4, 0.5) is 13.6 Å². The molecule has 1 aromatic carbocycles. The van der Waals surface area contributed by atoms with Gasteiger partial charge in [0.25, 0.3) is 5.92 Å². The second-order valence-electron chi connectivity index (χ2n) is 8.24. The number of likely N-dealkylation sites (tertiary alicyclic amines) is 1. The summed E-state index contributed by atoms with van der Waals surface area (Å²) in [7, 11) is 0. The maximum atomic E-state index is 14.9. The summed E-state index contributed by atoms with van der Waals surface area (Å²) in [4.78, 5) is 25.8. The first-order chi connectivity index (χ1) is 13.8. The van der Waals surface area contributed by atoms with Gasteiger partial charge in [-0.2, -0.15) is 5.26 Å². The number of carbonyl (C=O) groups excluding carboxylic acids is 2. The van der Waals surface area contributed by atoms with E-state index in [4.69, 9.17) is 11.0 Å². The summed E-state index contributed by atoms with van der Waals surface area (Å²) in [5, 5.41) is 11.2. The molecule has 1 saturated carbocycles. The second kappa shape index (κ2) is 8.36. The minimum atomic E-state index is -3.06. The first-order valence-electron chi connectivity index (χ1n) is 9.87. The molecule has 29 heavy (non-hydrogen) atoms. The Hall–Kier alpha value is -2.69. The Bertz CT molecular complexity index is 796. The average molecular weight is 404 g/mol. The quantitative estimate of drug-likeness (QED) is 0.684. The Balaban J connectivity index is 1.74. The lowest BCUT2D eigenvalue weighted by atomic mass is 9.84. The molecule has 1 heterocycles. The van der Waals surface area contributed by atoms with Crippen LogP contribution in [0.25, 0.3) is 0 Å². The van der Waals surface area contributed by atoms with Crippen molar-refractivity contribution in [3.63, 3.8) is 0 Å². The molecule has 3 rings (SSSR count). The predicted molar refractivity (Wildman–Crippen MR) is 103 cm³/mol. The molecule has 0 radical (unpaired) electrons. The van der Waals surface area contributed by atoms with E-state index in [9.17, 15) is 18.4 Å². The molecule has 2 fully saturated rings. The zero-order valence-electron chi connectivity index (χ0n) is 16.2. The third-order valence-electron chi connectivity index (χ3n) is 6.16. The maximum absolute atomic E-state index is 14.9. The summed E-state index contributed by atoms with van der Waals surface area (Å²) in [6, 6.07) is 9.76. The van der Waals surface area contributed by atoms with Crippen molar-refractivity contribution >= 4 is 11.9 Å². The Morgan fingerprint density at radius 3 is 2.76 bits per heavy atom. The van der Waals surface area contributed by atoms with E-state index in [-0.39, 0.29) is 17.9 Å². The molecule has 1 aliphatic carbocycles. The van der Waals surface area contributed by atoms with Gasteiger partial charge in [0.05, 0.1) is 6.07 Å². The van der Waals surface area contributed by atoms with E-state index in [0.29, 0.717) is 25.1 Å². The molecule has 6 nitrogen and oxygen atoms in total. The first-order valence-corrected chi connectivity index (χ1v) is 9.87. The number of urea groups is 1. The number of nitrogens with one attached hydrogen (secondary N) is 1. The zero-order chi connectivity index (χ0) is 21.1. The van der Waals surface area contributed by atoms with Gasteiger partial charge in [-0.25, -0.2) is 13.6 Å². The first kappa shape index (κ1) is 21.0. The number of primary amides is 1. The number of hydrogen-bond acceptors (Lipinski definition) is 3. The second-order valence-corrected chi connectivity index (χ2v) is 8.24. The van der Waals surface area contributed by atoms with Crippen LogP contribution < -0.4 is 11.1 Å². The minimum absolute atomic E-state index is 0.216. The van der Waals surface area contributed by atoms with E-state index in [0.717, 1.165) is 12.8 Å². The van der Waals surface area contributed by atoms with Gasteiger partial charge < -0.3 is 16.0 Å². The van der Waals surface area contributed by atoms with Gasteiger partial charge in [0.2, 0.25) is 5.91 Å². The van der Waals surface area contributed by atoms with Crippen LogP contribution in [0.3, 0.4) is 0 Å². The van der Waals surface area contributed by atoms with Crippen molar-refractivity contribution in [2.24, 2.45) is 23.0 Å². The van der Waals surface area contributed by atoms with E-state index in [1.165, 1.54) is 4.90 Å². The van der Waals surface area contributed by atoms with E-state index < -0.39 is 36.6 Å². The molecule has 3 atom stereocenters. The zero-order valence-corrected chi connectivity index (χ0v) is 16.2. The van der Waals surface area contributed by atoms with E-state index in [1.807, 2.05) is 6.07 Å². The normalized spacial score (nSPS) is 24.6. The molecule has 1 aromatic rings. The SMILES string of the molecule is N#CCNC(=O)[C@@H](CC(F)(F)Cc1ccccc1)C1CC12CCCN(C(N)=O)C2. The highest BCUT2D eigenvalue weighted by Gasteiger charge is 2.61. The molecular formula is C21H26F2N4O2. The average Bonchev–Trinajstić information content (AvgIpc) is 3.36. The van der Waals surface area contributed by atoms with E-state index in [1.54, 1.807) is 30.3 Å². The van der Waals surface area contributed by atoms with Crippen molar-refractivity contribution in [1.29, 1.82) is 5.26 Å². The van der Waals surface area contributed by atoms with Gasteiger partial charge in [0.1, 0.15) is 6.54 Å². The summed E-state index contributed by atoms with van der Waals surface area (Å²) >= 11 is 0. The van der Waals surface area contributed by atoms with Gasteiger partial charge in [0, 0.05) is 31.8 Å². The largest absolute Gasteiger partial charge is 0.351 e. The maximum Gasteiger partial charge on any atom is 0.314 e. The number of carbonyl (C=O) groups is 2. The highest BCUT2D eigenvalue weighted by molar-refractivity contribution is 5.80. The number of nitrogens with zero attached hydrogens (tertiary/aromatic N) is 2. The Morgan fingerprint density at radius 1 is 1.38 bits per heavy atom. The summed E-state index contributed by atoms with van der Waals surface area (Å²) in [5.74, 6) is -4.73. The van der Waals surface area contributed by atoms with Gasteiger partial charge in [-0.3, -0.25) is 4.79 Å². The van der Waals surface area contributed by atoms with Crippen LogP contribution in [0.1, 0.15) is 31.2 Å². The van der Waals surface area contributed by atoms with E-state index in [2.05, 4.69) is 5.32 Å². The fourth-order valence-corrected chi connectivity index (χ4v) is 4.73. The number of benzene rings is 1. The van der Waals surface area contributed by atoms with Gasteiger partial charge in [0.15, 0.2) is 0 Å². The third kappa shape index (κ3) is 5.03. The summed E-state index contributed by atoms with van der Waals surface area (Å²) < 4.78 is 29.7. The van der Waals surface area contributed by atoms with Crippen LogP contribution in [0.15, 0.2) is 30.3 Å². The molecule has 2 aliphatic rings. The number of piperidine rings is 1. The Morgan fingerprint density at radius 2 is 2.10 bits per heavy atom. The molecule has 8 heteroatoms. The highest BCUT2D eigenvalue weighted by Crippen LogP contribution is 2.62. The van der Waals surface area contributed by atoms with E-state index >= 15 is 0 Å². The number of amides is 3. The number of rotatable bonds is 7. The fourth-order valence-electron chi connectivity index (χ4n) is 4.73. The van der Waals surface area contributed by atoms with Gasteiger partial charge in [-0.1, -0.05) is 30.3 Å².